The number of anilines is 1. The van der Waals surface area contributed by atoms with E-state index in [1.165, 1.54) is 12.3 Å². The molecule has 1 saturated heterocycles. The molecule has 160 valence electrons. The standard InChI is InChI=1S/C11H20N4O11P2/c12-2-4-23-27(19,20)26-28(21,22)24-5-6-8(16)9(17)10(25-6)15-3-1-7(13)14-11(15)18/h1,3,6,8-10,16-17H,2,4-5,12H2,(H,19,20)(H,21,22)(H2,13,14,18)/t6-,8?,9-,10-/m1/s1. The molecule has 2 rings (SSSR count). The molecule has 1 aliphatic rings. The summed E-state index contributed by atoms with van der Waals surface area (Å²) in [5, 5.41) is 20.1. The maximum atomic E-state index is 11.8. The Morgan fingerprint density at radius 2 is 1.86 bits per heavy atom. The van der Waals surface area contributed by atoms with Gasteiger partial charge in [-0.3, -0.25) is 13.6 Å². The number of nitrogen functional groups attached to an aromatic ring is 1. The average molecular weight is 446 g/mol. The zero-order valence-corrected chi connectivity index (χ0v) is 16.0. The molecule has 0 saturated carbocycles. The predicted octanol–water partition coefficient (Wildman–Crippen LogP) is -2.35. The Morgan fingerprint density at radius 1 is 1.21 bits per heavy atom. The van der Waals surface area contributed by atoms with Crippen molar-refractivity contribution in [2.24, 2.45) is 5.73 Å². The number of aliphatic hydroxyl groups is 2. The third-order valence-electron chi connectivity index (χ3n) is 3.44. The van der Waals surface area contributed by atoms with Gasteiger partial charge in [-0.2, -0.15) is 9.29 Å². The zero-order valence-electron chi connectivity index (χ0n) is 14.2. The number of hydrogen-bond donors (Lipinski definition) is 6. The lowest BCUT2D eigenvalue weighted by Crippen LogP contribution is -2.36. The number of aromatic nitrogens is 2. The third-order valence-corrected chi connectivity index (χ3v) is 6.08. The van der Waals surface area contributed by atoms with E-state index >= 15 is 0 Å². The molecule has 8 N–H and O–H groups in total. The van der Waals surface area contributed by atoms with E-state index in [0.717, 1.165) is 4.57 Å². The molecule has 0 spiro atoms. The van der Waals surface area contributed by atoms with Crippen molar-refractivity contribution in [3.8, 4) is 0 Å². The molecule has 1 fully saturated rings. The third kappa shape index (κ3) is 5.89. The molecule has 0 amide bonds. The minimum absolute atomic E-state index is 0.0715. The monoisotopic (exact) mass is 446 g/mol. The fourth-order valence-electron chi connectivity index (χ4n) is 2.23. The normalized spacial score (nSPS) is 29.3. The van der Waals surface area contributed by atoms with Gasteiger partial charge in [-0.05, 0) is 6.07 Å². The first-order valence-electron chi connectivity index (χ1n) is 7.68. The first-order valence-corrected chi connectivity index (χ1v) is 10.7. The van der Waals surface area contributed by atoms with E-state index < -0.39 is 59.1 Å². The summed E-state index contributed by atoms with van der Waals surface area (Å²) in [4.78, 5) is 34.1. The second-order valence-electron chi connectivity index (χ2n) is 5.52. The first-order chi connectivity index (χ1) is 13.0. The van der Waals surface area contributed by atoms with Crippen LogP contribution in [0.1, 0.15) is 6.23 Å². The highest BCUT2D eigenvalue weighted by Gasteiger charge is 2.46. The van der Waals surface area contributed by atoms with E-state index in [9.17, 15) is 33.9 Å². The van der Waals surface area contributed by atoms with Crippen LogP contribution in [0.5, 0.6) is 0 Å². The van der Waals surface area contributed by atoms with Crippen LogP contribution in [0, 0.1) is 0 Å². The van der Waals surface area contributed by atoms with Crippen LogP contribution < -0.4 is 17.2 Å². The minimum Gasteiger partial charge on any atom is -0.387 e. The van der Waals surface area contributed by atoms with E-state index in [1.807, 2.05) is 0 Å². The van der Waals surface area contributed by atoms with Crippen molar-refractivity contribution in [2.45, 2.75) is 24.5 Å². The SMILES string of the molecule is NCCOP(=O)(O)OP(=O)(O)OC[C@H]1O[C@@H](n2ccc(N)nc2=O)[C@H](O)C1O. The molecule has 6 atom stereocenters. The van der Waals surface area contributed by atoms with Gasteiger partial charge in [0.2, 0.25) is 0 Å². The lowest BCUT2D eigenvalue weighted by atomic mass is 10.1. The van der Waals surface area contributed by atoms with Gasteiger partial charge >= 0.3 is 21.3 Å². The summed E-state index contributed by atoms with van der Waals surface area (Å²) in [7, 11) is -10.0. The number of ether oxygens (including phenoxy) is 1. The fraction of sp³-hybridized carbons (Fsp3) is 0.636. The molecule has 0 aromatic carbocycles. The van der Waals surface area contributed by atoms with Gasteiger partial charge in [0.1, 0.15) is 24.1 Å². The quantitative estimate of drug-likeness (QED) is 0.218. The van der Waals surface area contributed by atoms with Gasteiger partial charge in [-0.15, -0.1) is 0 Å². The number of aliphatic hydroxyl groups excluding tert-OH is 2. The summed E-state index contributed by atoms with van der Waals surface area (Å²) in [6.45, 7) is -1.40. The van der Waals surface area contributed by atoms with Crippen LogP contribution in [0.3, 0.4) is 0 Å². The van der Waals surface area contributed by atoms with E-state index in [-0.39, 0.29) is 12.4 Å². The van der Waals surface area contributed by atoms with E-state index in [2.05, 4.69) is 18.3 Å². The highest BCUT2D eigenvalue weighted by molar-refractivity contribution is 7.61. The predicted molar refractivity (Wildman–Crippen MR) is 90.5 cm³/mol. The molecular weight excluding hydrogens is 426 g/mol. The summed E-state index contributed by atoms with van der Waals surface area (Å²) in [5.74, 6) is -0.0715. The summed E-state index contributed by atoms with van der Waals surface area (Å²) in [6.07, 6.45) is -4.86. The lowest BCUT2D eigenvalue weighted by molar-refractivity contribution is -0.0542. The Labute approximate surface area is 157 Å². The molecule has 15 nitrogen and oxygen atoms in total. The lowest BCUT2D eigenvalue weighted by Gasteiger charge is -2.19. The van der Waals surface area contributed by atoms with Crippen LogP contribution in [0.15, 0.2) is 17.1 Å². The van der Waals surface area contributed by atoms with Crippen LogP contribution in [-0.2, 0) is 27.2 Å². The van der Waals surface area contributed by atoms with Crippen molar-refractivity contribution in [3.05, 3.63) is 22.7 Å². The fourth-order valence-corrected chi connectivity index (χ4v) is 4.32. The summed E-state index contributed by atoms with van der Waals surface area (Å²) in [5.41, 5.74) is 9.56. The van der Waals surface area contributed by atoms with Crippen LogP contribution in [0.25, 0.3) is 0 Å². The van der Waals surface area contributed by atoms with Crippen molar-refractivity contribution in [1.82, 2.24) is 9.55 Å². The second-order valence-corrected chi connectivity index (χ2v) is 8.57. The Hall–Kier alpha value is -1.22. The smallest absolute Gasteiger partial charge is 0.387 e. The summed E-state index contributed by atoms with van der Waals surface area (Å²) in [6, 6.07) is 1.25. The van der Waals surface area contributed by atoms with Crippen molar-refractivity contribution in [1.29, 1.82) is 0 Å². The second kappa shape index (κ2) is 9.07. The van der Waals surface area contributed by atoms with E-state index in [4.69, 9.17) is 16.2 Å². The summed E-state index contributed by atoms with van der Waals surface area (Å²) >= 11 is 0. The van der Waals surface area contributed by atoms with Crippen LogP contribution in [-0.4, -0.2) is 67.6 Å². The molecule has 2 heterocycles. The largest absolute Gasteiger partial charge is 0.481 e. The topological polar surface area (TPSA) is 239 Å². The number of rotatable bonds is 9. The highest BCUT2D eigenvalue weighted by Crippen LogP contribution is 2.60. The minimum atomic E-state index is -5.11. The Morgan fingerprint density at radius 3 is 2.46 bits per heavy atom. The Bertz CT molecular complexity index is 835. The molecule has 0 radical (unpaired) electrons. The molecule has 17 heteroatoms. The highest BCUT2D eigenvalue weighted by atomic mass is 31.3. The van der Waals surface area contributed by atoms with Crippen molar-refractivity contribution < 1.29 is 47.2 Å². The molecule has 0 bridgehead atoms. The van der Waals surface area contributed by atoms with Gasteiger partial charge in [0.25, 0.3) is 0 Å². The van der Waals surface area contributed by atoms with Crippen LogP contribution >= 0.6 is 15.6 Å². The van der Waals surface area contributed by atoms with Crippen molar-refractivity contribution in [2.75, 3.05) is 25.5 Å². The number of phosphoric acid groups is 2. The van der Waals surface area contributed by atoms with Gasteiger partial charge in [0.05, 0.1) is 13.2 Å². The van der Waals surface area contributed by atoms with Gasteiger partial charge in [-0.1, -0.05) is 0 Å². The van der Waals surface area contributed by atoms with Gasteiger partial charge in [0.15, 0.2) is 6.23 Å². The van der Waals surface area contributed by atoms with Gasteiger partial charge in [-0.25, -0.2) is 13.9 Å². The van der Waals surface area contributed by atoms with Crippen LogP contribution in [0.4, 0.5) is 5.82 Å². The molecule has 0 aliphatic carbocycles. The van der Waals surface area contributed by atoms with Crippen molar-refractivity contribution in [3.63, 3.8) is 0 Å². The number of nitrogens with zero attached hydrogens (tertiary/aromatic N) is 2. The molecule has 1 aromatic heterocycles. The molecule has 1 aliphatic heterocycles. The zero-order chi connectivity index (χ0) is 21.1. The Balaban J connectivity index is 2.02. The van der Waals surface area contributed by atoms with Crippen LogP contribution in [0.2, 0.25) is 0 Å². The van der Waals surface area contributed by atoms with Gasteiger partial charge < -0.3 is 36.2 Å². The molecule has 28 heavy (non-hydrogen) atoms. The molecular formula is C11H20N4O11P2. The van der Waals surface area contributed by atoms with E-state index in [0.29, 0.717) is 0 Å². The maximum absolute atomic E-state index is 11.8. The number of hydrogen-bond acceptors (Lipinski definition) is 12. The maximum Gasteiger partial charge on any atom is 0.481 e. The van der Waals surface area contributed by atoms with Crippen molar-refractivity contribution >= 4 is 21.5 Å². The number of nitrogens with two attached hydrogens (primary N) is 2. The summed E-state index contributed by atoms with van der Waals surface area (Å²) < 4.78 is 42.2. The first kappa shape index (κ1) is 23.1. The van der Waals surface area contributed by atoms with E-state index in [1.54, 1.807) is 0 Å². The molecule has 3 unspecified atom stereocenters. The average Bonchev–Trinajstić information content (AvgIpc) is 2.86. The Kier molecular flexibility index (Phi) is 7.47. The number of phosphoric ester groups is 2. The molecule has 1 aromatic rings. The van der Waals surface area contributed by atoms with Gasteiger partial charge in [0, 0.05) is 12.7 Å².